The fourth-order valence-electron chi connectivity index (χ4n) is 0.847. The normalized spacial score (nSPS) is 12.7. The second kappa shape index (κ2) is 5.23. The smallest absolute Gasteiger partial charge is 0.309 e. The van der Waals surface area contributed by atoms with Gasteiger partial charge in [0.2, 0.25) is 0 Å². The van der Waals surface area contributed by atoms with Crippen molar-refractivity contribution >= 4 is 5.97 Å². The van der Waals surface area contributed by atoms with Gasteiger partial charge < -0.3 is 10.5 Å². The average molecular weight is 145 g/mol. The number of rotatable bonds is 4. The standard InChI is InChI=1S/C7H15NO2/c1-3-4-6(5-8)7(9)10-2/h6H,3-5,8H2,1-2H3/t6-/m1/s1. The molecule has 0 aromatic carbocycles. The largest absolute Gasteiger partial charge is 0.469 e. The van der Waals surface area contributed by atoms with Crippen molar-refractivity contribution in [3.05, 3.63) is 0 Å². The second-order valence-electron chi connectivity index (χ2n) is 2.24. The van der Waals surface area contributed by atoms with E-state index in [1.54, 1.807) is 0 Å². The summed E-state index contributed by atoms with van der Waals surface area (Å²) in [5.74, 6) is -0.292. The Hall–Kier alpha value is -0.570. The Balaban J connectivity index is 3.68. The van der Waals surface area contributed by atoms with Crippen LogP contribution in [0.3, 0.4) is 0 Å². The van der Waals surface area contributed by atoms with Gasteiger partial charge in [-0.15, -0.1) is 0 Å². The lowest BCUT2D eigenvalue weighted by Crippen LogP contribution is -2.24. The highest BCUT2D eigenvalue weighted by Gasteiger charge is 2.14. The minimum Gasteiger partial charge on any atom is -0.469 e. The van der Waals surface area contributed by atoms with Crippen molar-refractivity contribution in [3.8, 4) is 0 Å². The molecule has 60 valence electrons. The molecule has 10 heavy (non-hydrogen) atoms. The number of carbonyl (C=O) groups excluding carboxylic acids is 1. The summed E-state index contributed by atoms with van der Waals surface area (Å²) >= 11 is 0. The molecule has 0 amide bonds. The van der Waals surface area contributed by atoms with Crippen molar-refractivity contribution in [3.63, 3.8) is 0 Å². The van der Waals surface area contributed by atoms with Crippen LogP contribution in [0.15, 0.2) is 0 Å². The number of ether oxygens (including phenoxy) is 1. The molecule has 3 heteroatoms. The Morgan fingerprint density at radius 1 is 1.70 bits per heavy atom. The number of hydrogen-bond donors (Lipinski definition) is 1. The zero-order valence-electron chi connectivity index (χ0n) is 6.59. The molecule has 0 heterocycles. The van der Waals surface area contributed by atoms with Crippen LogP contribution in [0.1, 0.15) is 19.8 Å². The van der Waals surface area contributed by atoms with E-state index in [1.807, 2.05) is 6.92 Å². The number of methoxy groups -OCH3 is 1. The molecule has 0 rings (SSSR count). The maximum Gasteiger partial charge on any atom is 0.309 e. The number of carbonyl (C=O) groups is 1. The van der Waals surface area contributed by atoms with Crippen molar-refractivity contribution in [2.45, 2.75) is 19.8 Å². The molecule has 0 radical (unpaired) electrons. The maximum atomic E-state index is 10.8. The van der Waals surface area contributed by atoms with Crippen LogP contribution in [0.5, 0.6) is 0 Å². The molecule has 0 unspecified atom stereocenters. The van der Waals surface area contributed by atoms with Crippen molar-refractivity contribution < 1.29 is 9.53 Å². The third-order valence-corrected chi connectivity index (χ3v) is 1.46. The first kappa shape index (κ1) is 9.43. The highest BCUT2D eigenvalue weighted by Crippen LogP contribution is 2.05. The predicted octanol–water partition coefficient (Wildman–Crippen LogP) is 0.534. The monoisotopic (exact) mass is 145 g/mol. The van der Waals surface area contributed by atoms with Crippen molar-refractivity contribution in [1.29, 1.82) is 0 Å². The van der Waals surface area contributed by atoms with Gasteiger partial charge in [0.05, 0.1) is 13.0 Å². The summed E-state index contributed by atoms with van der Waals surface area (Å²) < 4.78 is 4.54. The van der Waals surface area contributed by atoms with E-state index in [1.165, 1.54) is 7.11 Å². The Labute approximate surface area is 61.5 Å². The lowest BCUT2D eigenvalue weighted by atomic mass is 10.1. The maximum absolute atomic E-state index is 10.8. The van der Waals surface area contributed by atoms with Crippen LogP contribution in [0.25, 0.3) is 0 Å². The molecule has 3 nitrogen and oxygen atoms in total. The van der Waals surface area contributed by atoms with Gasteiger partial charge in [-0.3, -0.25) is 4.79 Å². The van der Waals surface area contributed by atoms with Crippen LogP contribution in [-0.2, 0) is 9.53 Å². The number of hydrogen-bond acceptors (Lipinski definition) is 3. The SMILES string of the molecule is CCC[C@H](CN)C(=O)OC. The molecular weight excluding hydrogens is 130 g/mol. The molecule has 0 aliphatic rings. The van der Waals surface area contributed by atoms with Crippen LogP contribution >= 0.6 is 0 Å². The highest BCUT2D eigenvalue weighted by molar-refractivity contribution is 5.72. The van der Waals surface area contributed by atoms with Crippen LogP contribution in [0.4, 0.5) is 0 Å². The Morgan fingerprint density at radius 3 is 2.60 bits per heavy atom. The summed E-state index contributed by atoms with van der Waals surface area (Å²) in [5.41, 5.74) is 5.33. The first-order valence-corrected chi connectivity index (χ1v) is 3.54. The molecule has 0 aromatic heterocycles. The van der Waals surface area contributed by atoms with Gasteiger partial charge in [0.15, 0.2) is 0 Å². The van der Waals surface area contributed by atoms with Gasteiger partial charge in [-0.1, -0.05) is 13.3 Å². The Morgan fingerprint density at radius 2 is 2.30 bits per heavy atom. The number of nitrogens with two attached hydrogens (primary N) is 1. The summed E-state index contributed by atoms with van der Waals surface area (Å²) in [6.45, 7) is 2.41. The first-order chi connectivity index (χ1) is 4.76. The minimum atomic E-state index is -0.190. The molecule has 2 N–H and O–H groups in total. The molecule has 0 saturated carbocycles. The summed E-state index contributed by atoms with van der Waals surface area (Å²) in [4.78, 5) is 10.8. The van der Waals surface area contributed by atoms with Crippen LogP contribution < -0.4 is 5.73 Å². The molecule has 0 aliphatic carbocycles. The molecule has 0 saturated heterocycles. The van der Waals surface area contributed by atoms with Crippen molar-refractivity contribution in [2.24, 2.45) is 11.7 Å². The first-order valence-electron chi connectivity index (χ1n) is 3.54. The van der Waals surface area contributed by atoms with Crippen molar-refractivity contribution in [2.75, 3.05) is 13.7 Å². The predicted molar refractivity (Wildman–Crippen MR) is 39.5 cm³/mol. The third kappa shape index (κ3) is 2.82. The summed E-state index contributed by atoms with van der Waals surface area (Å²) in [6, 6.07) is 0. The molecule has 1 atom stereocenters. The van der Waals surface area contributed by atoms with Gasteiger partial charge in [0, 0.05) is 6.54 Å². The van der Waals surface area contributed by atoms with E-state index >= 15 is 0 Å². The number of esters is 1. The summed E-state index contributed by atoms with van der Waals surface area (Å²) in [7, 11) is 1.39. The Bertz CT molecular complexity index is 104. The van der Waals surface area contributed by atoms with Gasteiger partial charge in [-0.05, 0) is 6.42 Å². The van der Waals surface area contributed by atoms with Crippen LogP contribution in [-0.4, -0.2) is 19.6 Å². The molecule has 0 spiro atoms. The summed E-state index contributed by atoms with van der Waals surface area (Å²) in [6.07, 6.45) is 1.79. The van der Waals surface area contributed by atoms with Gasteiger partial charge >= 0.3 is 5.97 Å². The van der Waals surface area contributed by atoms with E-state index in [9.17, 15) is 4.79 Å². The van der Waals surface area contributed by atoms with Crippen LogP contribution in [0.2, 0.25) is 0 Å². The van der Waals surface area contributed by atoms with Gasteiger partial charge in [0.25, 0.3) is 0 Å². The highest BCUT2D eigenvalue weighted by atomic mass is 16.5. The molecular formula is C7H15NO2. The van der Waals surface area contributed by atoms with E-state index in [2.05, 4.69) is 4.74 Å². The lowest BCUT2D eigenvalue weighted by molar-refractivity contribution is -0.145. The van der Waals surface area contributed by atoms with Crippen molar-refractivity contribution in [1.82, 2.24) is 0 Å². The summed E-state index contributed by atoms with van der Waals surface area (Å²) in [5, 5.41) is 0. The van der Waals surface area contributed by atoms with Gasteiger partial charge in [-0.25, -0.2) is 0 Å². The minimum absolute atomic E-state index is 0.102. The third-order valence-electron chi connectivity index (χ3n) is 1.46. The van der Waals surface area contributed by atoms with E-state index in [0.29, 0.717) is 6.54 Å². The van der Waals surface area contributed by atoms with Gasteiger partial charge in [-0.2, -0.15) is 0 Å². The topological polar surface area (TPSA) is 52.3 Å². The van der Waals surface area contributed by atoms with E-state index in [-0.39, 0.29) is 11.9 Å². The average Bonchev–Trinajstić information content (AvgIpc) is 1.99. The quantitative estimate of drug-likeness (QED) is 0.587. The van der Waals surface area contributed by atoms with Gasteiger partial charge in [0.1, 0.15) is 0 Å². The zero-order valence-corrected chi connectivity index (χ0v) is 6.59. The second-order valence-corrected chi connectivity index (χ2v) is 2.24. The van der Waals surface area contributed by atoms with E-state index < -0.39 is 0 Å². The molecule has 0 aliphatic heterocycles. The molecule has 0 fully saturated rings. The van der Waals surface area contributed by atoms with Crippen LogP contribution in [0, 0.1) is 5.92 Å². The zero-order chi connectivity index (χ0) is 7.98. The van der Waals surface area contributed by atoms with E-state index in [0.717, 1.165) is 12.8 Å². The Kier molecular flexibility index (Phi) is 4.94. The fraction of sp³-hybridized carbons (Fsp3) is 0.857. The lowest BCUT2D eigenvalue weighted by Gasteiger charge is -2.09. The molecule has 0 bridgehead atoms. The molecule has 0 aromatic rings. The van der Waals surface area contributed by atoms with E-state index in [4.69, 9.17) is 5.73 Å². The fourth-order valence-corrected chi connectivity index (χ4v) is 0.847.